The van der Waals surface area contributed by atoms with Gasteiger partial charge in [0.2, 0.25) is 11.8 Å². The molecule has 0 radical (unpaired) electrons. The fraction of sp³-hybridized carbons (Fsp3) is 0.333. The average molecular weight is 552 g/mol. The molecule has 7 nitrogen and oxygen atoms in total. The molecule has 3 aromatic carbocycles. The Morgan fingerprint density at radius 3 is 2.18 bits per heavy atom. The number of anilines is 1. The van der Waals surface area contributed by atoms with Crippen LogP contribution in [0.4, 0.5) is 10.1 Å². The van der Waals surface area contributed by atoms with Crippen LogP contribution in [0.25, 0.3) is 0 Å². The Balaban J connectivity index is 1.66. The minimum atomic E-state index is -4.22. The third kappa shape index (κ3) is 7.03. The van der Waals surface area contributed by atoms with E-state index in [2.05, 4.69) is 5.32 Å². The molecule has 0 bridgehead atoms. The molecule has 0 spiro atoms. The van der Waals surface area contributed by atoms with Crippen LogP contribution in [0.3, 0.4) is 0 Å². The molecule has 206 valence electrons. The average Bonchev–Trinajstić information content (AvgIpc) is 3.44. The summed E-state index contributed by atoms with van der Waals surface area (Å²) >= 11 is 0. The number of nitrogens with zero attached hydrogens (tertiary/aromatic N) is 2. The molecule has 0 unspecified atom stereocenters. The van der Waals surface area contributed by atoms with E-state index in [0.717, 1.165) is 53.2 Å². The summed E-state index contributed by atoms with van der Waals surface area (Å²) in [6, 6.07) is 19.6. The molecule has 0 aliphatic heterocycles. The molecule has 0 heterocycles. The fourth-order valence-corrected chi connectivity index (χ4v) is 6.14. The third-order valence-electron chi connectivity index (χ3n) is 7.07. The van der Waals surface area contributed by atoms with E-state index >= 15 is 0 Å². The van der Waals surface area contributed by atoms with Crippen molar-refractivity contribution in [1.82, 2.24) is 10.2 Å². The predicted molar refractivity (Wildman–Crippen MR) is 149 cm³/mol. The Morgan fingerprint density at radius 2 is 1.56 bits per heavy atom. The van der Waals surface area contributed by atoms with Crippen molar-refractivity contribution in [2.24, 2.45) is 0 Å². The molecule has 4 rings (SSSR count). The van der Waals surface area contributed by atoms with Crippen molar-refractivity contribution >= 4 is 27.5 Å². The smallest absolute Gasteiger partial charge is 0.264 e. The van der Waals surface area contributed by atoms with Gasteiger partial charge in [0, 0.05) is 12.6 Å². The number of amides is 2. The van der Waals surface area contributed by atoms with Gasteiger partial charge in [-0.1, -0.05) is 60.9 Å². The summed E-state index contributed by atoms with van der Waals surface area (Å²) < 4.78 is 41.9. The van der Waals surface area contributed by atoms with E-state index in [9.17, 15) is 22.4 Å². The lowest BCUT2D eigenvalue weighted by Gasteiger charge is -2.32. The standard InChI is InChI=1S/C30H34FN3O4S/c1-22-12-14-24(15-13-22)20-33(23(2)30(36)32-26-8-6-7-9-26)29(35)21-34(27-10-4-3-5-11-27)39(37,38)28-18-16-25(31)17-19-28/h3-5,10-19,23,26H,6-9,20-21H2,1-2H3,(H,32,36)/t23-/m0/s1. The van der Waals surface area contributed by atoms with E-state index < -0.39 is 34.3 Å². The molecule has 1 N–H and O–H groups in total. The van der Waals surface area contributed by atoms with Crippen LogP contribution < -0.4 is 9.62 Å². The van der Waals surface area contributed by atoms with Gasteiger partial charge in [-0.25, -0.2) is 12.8 Å². The van der Waals surface area contributed by atoms with Crippen molar-refractivity contribution in [2.75, 3.05) is 10.8 Å². The minimum absolute atomic E-state index is 0.0796. The van der Waals surface area contributed by atoms with Crippen molar-refractivity contribution in [3.63, 3.8) is 0 Å². The number of hydrogen-bond donors (Lipinski definition) is 1. The van der Waals surface area contributed by atoms with Crippen LogP contribution in [-0.2, 0) is 26.2 Å². The molecular weight excluding hydrogens is 517 g/mol. The number of halogens is 1. The lowest BCUT2D eigenvalue weighted by Crippen LogP contribution is -2.52. The maximum atomic E-state index is 13.9. The van der Waals surface area contributed by atoms with Crippen LogP contribution in [0, 0.1) is 12.7 Å². The zero-order valence-electron chi connectivity index (χ0n) is 22.2. The second kappa shape index (κ2) is 12.4. The van der Waals surface area contributed by atoms with Crippen molar-refractivity contribution in [3.05, 3.63) is 95.8 Å². The van der Waals surface area contributed by atoms with Gasteiger partial charge in [-0.15, -0.1) is 0 Å². The van der Waals surface area contributed by atoms with E-state index in [1.54, 1.807) is 37.3 Å². The van der Waals surface area contributed by atoms with Gasteiger partial charge in [0.25, 0.3) is 10.0 Å². The van der Waals surface area contributed by atoms with Gasteiger partial charge in [-0.2, -0.15) is 0 Å². The highest BCUT2D eigenvalue weighted by Crippen LogP contribution is 2.25. The van der Waals surface area contributed by atoms with Gasteiger partial charge in [0.1, 0.15) is 18.4 Å². The third-order valence-corrected chi connectivity index (χ3v) is 8.86. The quantitative estimate of drug-likeness (QED) is 0.392. The van der Waals surface area contributed by atoms with E-state index in [4.69, 9.17) is 0 Å². The van der Waals surface area contributed by atoms with Crippen LogP contribution in [0.15, 0.2) is 83.8 Å². The molecule has 1 saturated carbocycles. The Bertz CT molecular complexity index is 1370. The highest BCUT2D eigenvalue weighted by molar-refractivity contribution is 7.92. The number of carbonyl (C=O) groups is 2. The summed E-state index contributed by atoms with van der Waals surface area (Å²) in [6.07, 6.45) is 3.92. The molecule has 39 heavy (non-hydrogen) atoms. The van der Waals surface area contributed by atoms with Crippen molar-refractivity contribution < 1.29 is 22.4 Å². The molecule has 2 amide bonds. The largest absolute Gasteiger partial charge is 0.352 e. The van der Waals surface area contributed by atoms with E-state index in [1.165, 1.54) is 17.0 Å². The van der Waals surface area contributed by atoms with Crippen LogP contribution in [0.5, 0.6) is 0 Å². The summed E-state index contributed by atoms with van der Waals surface area (Å²) in [7, 11) is -4.22. The molecule has 9 heteroatoms. The van der Waals surface area contributed by atoms with Crippen LogP contribution >= 0.6 is 0 Å². The van der Waals surface area contributed by atoms with Gasteiger partial charge in [0.15, 0.2) is 0 Å². The molecule has 3 aromatic rings. The number of para-hydroxylation sites is 1. The maximum absolute atomic E-state index is 13.9. The van der Waals surface area contributed by atoms with E-state index in [0.29, 0.717) is 0 Å². The first kappa shape index (κ1) is 28.3. The SMILES string of the molecule is Cc1ccc(CN(C(=O)CN(c2ccccc2)S(=O)(=O)c2ccc(F)cc2)[C@@H](C)C(=O)NC2CCCC2)cc1. The second-order valence-corrected chi connectivity index (χ2v) is 11.8. The van der Waals surface area contributed by atoms with Crippen LogP contribution in [0.1, 0.15) is 43.7 Å². The van der Waals surface area contributed by atoms with E-state index in [1.807, 2.05) is 31.2 Å². The number of aryl methyl sites for hydroxylation is 1. The molecule has 1 fully saturated rings. The Morgan fingerprint density at radius 1 is 0.949 bits per heavy atom. The van der Waals surface area contributed by atoms with Gasteiger partial charge >= 0.3 is 0 Å². The van der Waals surface area contributed by atoms with Crippen molar-refractivity contribution in [3.8, 4) is 0 Å². The Labute approximate surface area is 229 Å². The minimum Gasteiger partial charge on any atom is -0.352 e. The number of nitrogens with one attached hydrogen (secondary N) is 1. The number of sulfonamides is 1. The highest BCUT2D eigenvalue weighted by atomic mass is 32.2. The zero-order chi connectivity index (χ0) is 28.0. The van der Waals surface area contributed by atoms with Gasteiger partial charge in [-0.05, 0) is 68.7 Å². The fourth-order valence-electron chi connectivity index (χ4n) is 4.72. The lowest BCUT2D eigenvalue weighted by atomic mass is 10.1. The molecule has 0 aromatic heterocycles. The normalized spacial score (nSPS) is 14.5. The second-order valence-electron chi connectivity index (χ2n) is 9.97. The van der Waals surface area contributed by atoms with E-state index in [-0.39, 0.29) is 29.1 Å². The first-order valence-corrected chi connectivity index (χ1v) is 14.6. The first-order valence-electron chi connectivity index (χ1n) is 13.1. The molecule has 1 aliphatic rings. The highest BCUT2D eigenvalue weighted by Gasteiger charge is 2.33. The Kier molecular flexibility index (Phi) is 9.01. The van der Waals surface area contributed by atoms with Crippen LogP contribution in [0.2, 0.25) is 0 Å². The van der Waals surface area contributed by atoms with Gasteiger partial charge < -0.3 is 10.2 Å². The van der Waals surface area contributed by atoms with Gasteiger partial charge in [-0.3, -0.25) is 13.9 Å². The topological polar surface area (TPSA) is 86.8 Å². The number of benzene rings is 3. The molecular formula is C30H34FN3O4S. The van der Waals surface area contributed by atoms with Crippen molar-refractivity contribution in [2.45, 2.75) is 63.1 Å². The molecule has 0 saturated heterocycles. The molecule has 1 aliphatic carbocycles. The monoisotopic (exact) mass is 551 g/mol. The molecule has 1 atom stereocenters. The lowest BCUT2D eigenvalue weighted by molar-refractivity contribution is -0.139. The number of rotatable bonds is 10. The zero-order valence-corrected chi connectivity index (χ0v) is 23.0. The first-order chi connectivity index (χ1) is 18.6. The summed E-state index contributed by atoms with van der Waals surface area (Å²) in [5.41, 5.74) is 2.17. The number of hydrogen-bond acceptors (Lipinski definition) is 4. The predicted octanol–water partition coefficient (Wildman–Crippen LogP) is 4.81. The summed E-state index contributed by atoms with van der Waals surface area (Å²) in [5.74, 6) is -1.36. The van der Waals surface area contributed by atoms with Crippen LogP contribution in [-0.4, -0.2) is 43.8 Å². The summed E-state index contributed by atoms with van der Waals surface area (Å²) in [5, 5.41) is 3.06. The summed E-state index contributed by atoms with van der Waals surface area (Å²) in [6.45, 7) is 3.23. The summed E-state index contributed by atoms with van der Waals surface area (Å²) in [4.78, 5) is 28.4. The maximum Gasteiger partial charge on any atom is 0.264 e. The Hall–Kier alpha value is -3.72. The van der Waals surface area contributed by atoms with Gasteiger partial charge in [0.05, 0.1) is 10.6 Å². The van der Waals surface area contributed by atoms with Crippen molar-refractivity contribution in [1.29, 1.82) is 0 Å². The number of carbonyl (C=O) groups excluding carboxylic acids is 2.